The normalized spacial score (nSPS) is 13.5. The molecule has 190 valence electrons. The third kappa shape index (κ3) is 5.14. The second-order valence-corrected chi connectivity index (χ2v) is 8.83. The Morgan fingerprint density at radius 2 is 1.78 bits per heavy atom. The number of rotatable bonds is 7. The van der Waals surface area contributed by atoms with E-state index in [0.29, 0.717) is 28.0 Å². The smallest absolute Gasteiger partial charge is 0.262 e. The predicted octanol–water partition coefficient (Wildman–Crippen LogP) is 3.61. The zero-order chi connectivity index (χ0) is 25.9. The summed E-state index contributed by atoms with van der Waals surface area (Å²) in [4.78, 5) is 34.0. The number of H-pyrrole nitrogens is 1. The third-order valence-corrected chi connectivity index (χ3v) is 6.15. The monoisotopic (exact) mass is 500 g/mol. The van der Waals surface area contributed by atoms with Gasteiger partial charge in [0.25, 0.3) is 5.56 Å². The first-order chi connectivity index (χ1) is 17.9. The molecule has 0 spiro atoms. The van der Waals surface area contributed by atoms with Crippen LogP contribution >= 0.6 is 0 Å². The van der Waals surface area contributed by atoms with Crippen LogP contribution in [-0.2, 0) is 11.3 Å². The molecular weight excluding hydrogens is 472 g/mol. The average molecular weight is 501 g/mol. The minimum atomic E-state index is -0.383. The zero-order valence-electron chi connectivity index (χ0n) is 20.4. The second-order valence-electron chi connectivity index (χ2n) is 8.83. The molecule has 5 rings (SSSR count). The van der Waals surface area contributed by atoms with Crippen LogP contribution < -0.4 is 32.7 Å². The highest BCUT2D eigenvalue weighted by Gasteiger charge is 2.15. The van der Waals surface area contributed by atoms with Crippen LogP contribution in [0.4, 0.5) is 34.4 Å². The summed E-state index contributed by atoms with van der Waals surface area (Å²) < 4.78 is 1.26. The molecule has 1 aliphatic rings. The summed E-state index contributed by atoms with van der Waals surface area (Å²) in [6, 6.07) is 13.1. The molecule has 12 nitrogen and oxygen atoms in total. The first-order valence-corrected chi connectivity index (χ1v) is 12.0. The fourth-order valence-corrected chi connectivity index (χ4v) is 4.39. The molecule has 1 aliphatic heterocycles. The summed E-state index contributed by atoms with van der Waals surface area (Å²) in [7, 11) is 0. The Labute approximate surface area is 212 Å². The average Bonchev–Trinajstić information content (AvgIpc) is 3.53. The number of nitrogens with one attached hydrogen (secondary N) is 3. The standard InChI is InChI=1S/C25H28N10O2/c1-15(36)28-20-9-6-18(33-32-17-4-7-19(8-5-17)34-10-2-3-11-34)12-21(20)29-25-30-23-22(24(37)31-25)16(13-26)14-35(23)27/h4-9,12,14H,2-3,10-11,13,26-27H2,1H3,(H,28,36)(H2,29,30,31,37). The number of carbonyl (C=O) groups excluding carboxylic acids is 1. The lowest BCUT2D eigenvalue weighted by atomic mass is 10.2. The molecule has 3 heterocycles. The van der Waals surface area contributed by atoms with E-state index in [4.69, 9.17) is 11.6 Å². The van der Waals surface area contributed by atoms with E-state index in [1.165, 1.54) is 30.1 Å². The van der Waals surface area contributed by atoms with Gasteiger partial charge in [0.1, 0.15) is 0 Å². The van der Waals surface area contributed by atoms with Gasteiger partial charge in [0.2, 0.25) is 11.9 Å². The lowest BCUT2D eigenvalue weighted by Gasteiger charge is -2.17. The molecule has 1 fully saturated rings. The number of aromatic amines is 1. The highest BCUT2D eigenvalue weighted by atomic mass is 16.1. The molecule has 4 aromatic rings. The minimum absolute atomic E-state index is 0.143. The molecule has 0 radical (unpaired) electrons. The number of fused-ring (bicyclic) bond motifs is 1. The third-order valence-electron chi connectivity index (χ3n) is 6.15. The van der Waals surface area contributed by atoms with E-state index in [-0.39, 0.29) is 29.6 Å². The van der Waals surface area contributed by atoms with E-state index in [0.717, 1.165) is 18.8 Å². The van der Waals surface area contributed by atoms with Crippen molar-refractivity contribution in [3.05, 3.63) is 64.6 Å². The van der Waals surface area contributed by atoms with Gasteiger partial charge in [0.15, 0.2) is 5.65 Å². The number of hydrogen-bond donors (Lipinski definition) is 5. The van der Waals surface area contributed by atoms with E-state index in [9.17, 15) is 9.59 Å². The Morgan fingerprint density at radius 1 is 1.08 bits per heavy atom. The summed E-state index contributed by atoms with van der Waals surface area (Å²) in [5.41, 5.74) is 9.60. The van der Waals surface area contributed by atoms with Gasteiger partial charge >= 0.3 is 0 Å². The van der Waals surface area contributed by atoms with Crippen molar-refractivity contribution in [2.45, 2.75) is 26.3 Å². The van der Waals surface area contributed by atoms with Crippen molar-refractivity contribution in [2.24, 2.45) is 16.0 Å². The van der Waals surface area contributed by atoms with Crippen molar-refractivity contribution in [2.75, 3.05) is 34.5 Å². The minimum Gasteiger partial charge on any atom is -0.372 e. The maximum atomic E-state index is 12.7. The van der Waals surface area contributed by atoms with Gasteiger partial charge in [-0.2, -0.15) is 15.2 Å². The summed E-state index contributed by atoms with van der Waals surface area (Å²) in [5.74, 6) is 5.86. The number of azo groups is 1. The van der Waals surface area contributed by atoms with Crippen LogP contribution in [0.15, 0.2) is 63.7 Å². The van der Waals surface area contributed by atoms with Crippen molar-refractivity contribution < 1.29 is 4.79 Å². The molecule has 2 aromatic carbocycles. The number of nitrogens with zero attached hydrogens (tertiary/aromatic N) is 5. The maximum Gasteiger partial charge on any atom is 0.262 e. The Morgan fingerprint density at radius 3 is 2.49 bits per heavy atom. The largest absolute Gasteiger partial charge is 0.372 e. The number of anilines is 4. The molecule has 2 aromatic heterocycles. The highest BCUT2D eigenvalue weighted by Crippen LogP contribution is 2.31. The van der Waals surface area contributed by atoms with Gasteiger partial charge in [-0.05, 0) is 55.3 Å². The Kier molecular flexibility index (Phi) is 6.56. The second kappa shape index (κ2) is 10.1. The van der Waals surface area contributed by atoms with Crippen LogP contribution in [0.5, 0.6) is 0 Å². The number of benzene rings is 2. The fourth-order valence-electron chi connectivity index (χ4n) is 4.39. The van der Waals surface area contributed by atoms with Gasteiger partial charge in [-0.15, -0.1) is 0 Å². The molecule has 12 heteroatoms. The molecule has 0 saturated carbocycles. The molecule has 0 atom stereocenters. The Hall–Kier alpha value is -4.71. The van der Waals surface area contributed by atoms with E-state index in [1.54, 1.807) is 24.4 Å². The van der Waals surface area contributed by atoms with Crippen molar-refractivity contribution in [1.29, 1.82) is 0 Å². The number of amides is 1. The van der Waals surface area contributed by atoms with Gasteiger partial charge in [0, 0.05) is 44.0 Å². The van der Waals surface area contributed by atoms with Crippen molar-refractivity contribution in [1.82, 2.24) is 14.6 Å². The molecule has 7 N–H and O–H groups in total. The van der Waals surface area contributed by atoms with Gasteiger partial charge < -0.3 is 27.1 Å². The molecular formula is C25H28N10O2. The van der Waals surface area contributed by atoms with Crippen LogP contribution in [0.3, 0.4) is 0 Å². The first kappa shape index (κ1) is 24.0. The number of nitrogen functional groups attached to an aromatic ring is 1. The van der Waals surface area contributed by atoms with E-state index >= 15 is 0 Å². The maximum absolute atomic E-state index is 12.7. The van der Waals surface area contributed by atoms with Crippen LogP contribution in [0.25, 0.3) is 11.0 Å². The predicted molar refractivity (Wildman–Crippen MR) is 144 cm³/mol. The quantitative estimate of drug-likeness (QED) is 0.190. The first-order valence-electron chi connectivity index (χ1n) is 12.0. The summed E-state index contributed by atoms with van der Waals surface area (Å²) in [6.45, 7) is 3.72. The van der Waals surface area contributed by atoms with E-state index in [1.807, 2.05) is 24.3 Å². The summed E-state index contributed by atoms with van der Waals surface area (Å²) in [6.07, 6.45) is 4.01. The Bertz CT molecular complexity index is 1530. The molecule has 0 aliphatic carbocycles. The van der Waals surface area contributed by atoms with Gasteiger partial charge in [-0.1, -0.05) is 0 Å². The number of aromatic nitrogens is 3. The van der Waals surface area contributed by atoms with Crippen LogP contribution in [0.2, 0.25) is 0 Å². The molecule has 0 unspecified atom stereocenters. The van der Waals surface area contributed by atoms with Crippen LogP contribution in [0.1, 0.15) is 25.3 Å². The molecule has 37 heavy (non-hydrogen) atoms. The van der Waals surface area contributed by atoms with Crippen LogP contribution in [-0.4, -0.2) is 33.6 Å². The highest BCUT2D eigenvalue weighted by molar-refractivity contribution is 5.94. The van der Waals surface area contributed by atoms with Crippen molar-refractivity contribution >= 4 is 51.3 Å². The Balaban J connectivity index is 1.42. The van der Waals surface area contributed by atoms with Crippen molar-refractivity contribution in [3.63, 3.8) is 0 Å². The van der Waals surface area contributed by atoms with E-state index in [2.05, 4.69) is 35.7 Å². The van der Waals surface area contributed by atoms with Crippen molar-refractivity contribution in [3.8, 4) is 0 Å². The molecule has 1 amide bonds. The fraction of sp³-hybridized carbons (Fsp3) is 0.240. The number of nitrogens with two attached hydrogens (primary N) is 2. The number of hydrogen-bond acceptors (Lipinski definition) is 9. The molecule has 0 bridgehead atoms. The SMILES string of the molecule is CC(=O)Nc1ccc(N=Nc2ccc(N3CCCC3)cc2)cc1Nc1nc2c(c(CN)cn2N)c(=O)[nH]1. The van der Waals surface area contributed by atoms with Gasteiger partial charge in [-0.3, -0.25) is 19.2 Å². The summed E-state index contributed by atoms with van der Waals surface area (Å²) >= 11 is 0. The number of carbonyl (C=O) groups is 1. The lowest BCUT2D eigenvalue weighted by molar-refractivity contribution is -0.114. The molecule has 1 saturated heterocycles. The zero-order valence-corrected chi connectivity index (χ0v) is 20.4. The summed E-state index contributed by atoms with van der Waals surface area (Å²) in [5, 5.41) is 14.8. The van der Waals surface area contributed by atoms with Gasteiger partial charge in [-0.25, -0.2) is 0 Å². The van der Waals surface area contributed by atoms with Crippen LogP contribution in [0, 0.1) is 0 Å². The lowest BCUT2D eigenvalue weighted by Crippen LogP contribution is -2.17. The van der Waals surface area contributed by atoms with E-state index < -0.39 is 0 Å². The topological polar surface area (TPSA) is 172 Å². The van der Waals surface area contributed by atoms with Gasteiger partial charge in [0.05, 0.1) is 28.1 Å².